The van der Waals surface area contributed by atoms with E-state index in [9.17, 15) is 22.0 Å². The van der Waals surface area contributed by atoms with E-state index >= 15 is 0 Å². The molecule has 5 nitrogen and oxygen atoms in total. The van der Waals surface area contributed by atoms with Gasteiger partial charge in [0.15, 0.2) is 11.6 Å². The molecule has 2 aromatic carbocycles. The molecule has 0 aliphatic heterocycles. The maximum Gasteiger partial charge on any atom is 0.232 e. The van der Waals surface area contributed by atoms with E-state index in [4.69, 9.17) is 0 Å². The fraction of sp³-hybridized carbons (Fsp3) is 0.316. The zero-order valence-corrected chi connectivity index (χ0v) is 16.0. The molecule has 0 heterocycles. The van der Waals surface area contributed by atoms with Crippen molar-refractivity contribution < 1.29 is 22.0 Å². The van der Waals surface area contributed by atoms with Crippen molar-refractivity contribution in [1.29, 1.82) is 0 Å². The SMILES string of the molecule is C[C@@H](NC(=O)CCCN(c1ccc(F)c(F)c1)S(C)(=O)=O)c1ccccc1. The molecular formula is C19H22F2N2O3S. The van der Waals surface area contributed by atoms with Gasteiger partial charge in [-0.1, -0.05) is 30.3 Å². The number of benzene rings is 2. The van der Waals surface area contributed by atoms with E-state index in [1.165, 1.54) is 6.07 Å². The van der Waals surface area contributed by atoms with Gasteiger partial charge in [-0.15, -0.1) is 0 Å². The lowest BCUT2D eigenvalue weighted by Crippen LogP contribution is -2.32. The van der Waals surface area contributed by atoms with Crippen LogP contribution in [-0.4, -0.2) is 27.1 Å². The van der Waals surface area contributed by atoms with E-state index in [1.54, 1.807) is 0 Å². The van der Waals surface area contributed by atoms with Crippen LogP contribution in [0.25, 0.3) is 0 Å². The number of sulfonamides is 1. The second-order valence-corrected chi connectivity index (χ2v) is 8.14. The molecule has 1 atom stereocenters. The first-order valence-corrected chi connectivity index (χ1v) is 10.3. The molecule has 0 aromatic heterocycles. The number of halogens is 2. The minimum absolute atomic E-state index is 0.0168. The third-order valence-electron chi connectivity index (χ3n) is 4.03. The van der Waals surface area contributed by atoms with Crippen molar-refractivity contribution in [2.45, 2.75) is 25.8 Å². The maximum atomic E-state index is 13.4. The van der Waals surface area contributed by atoms with Crippen molar-refractivity contribution in [3.05, 3.63) is 65.7 Å². The molecule has 2 aromatic rings. The molecule has 0 fully saturated rings. The summed E-state index contributed by atoms with van der Waals surface area (Å²) in [7, 11) is -3.70. The number of hydrogen-bond acceptors (Lipinski definition) is 3. The highest BCUT2D eigenvalue weighted by molar-refractivity contribution is 7.92. The lowest BCUT2D eigenvalue weighted by molar-refractivity contribution is -0.121. The van der Waals surface area contributed by atoms with Crippen LogP contribution in [0.15, 0.2) is 48.5 Å². The molecule has 0 bridgehead atoms. The number of rotatable bonds is 8. The first kappa shape index (κ1) is 20.8. The number of carbonyl (C=O) groups excluding carboxylic acids is 1. The molecule has 1 N–H and O–H groups in total. The standard InChI is InChI=1S/C19H22F2N2O3S/c1-14(15-7-4-3-5-8-15)22-19(24)9-6-12-23(27(2,25)26)16-10-11-17(20)18(21)13-16/h3-5,7-8,10-11,13-14H,6,9,12H2,1-2H3,(H,22,24)/t14-/m1/s1. The first-order chi connectivity index (χ1) is 12.7. The maximum absolute atomic E-state index is 13.4. The van der Waals surface area contributed by atoms with Crippen LogP contribution in [0.1, 0.15) is 31.4 Å². The Morgan fingerprint density at radius 2 is 1.78 bits per heavy atom. The quantitative estimate of drug-likeness (QED) is 0.744. The molecule has 0 saturated heterocycles. The van der Waals surface area contributed by atoms with Crippen LogP contribution in [0.3, 0.4) is 0 Å². The summed E-state index contributed by atoms with van der Waals surface area (Å²) < 4.78 is 51.4. The average Bonchev–Trinajstić information content (AvgIpc) is 2.61. The Bertz CT molecular complexity index is 889. The Morgan fingerprint density at radius 3 is 2.37 bits per heavy atom. The topological polar surface area (TPSA) is 66.5 Å². The van der Waals surface area contributed by atoms with Crippen LogP contribution in [-0.2, 0) is 14.8 Å². The number of hydrogen-bond donors (Lipinski definition) is 1. The van der Waals surface area contributed by atoms with E-state index in [1.807, 2.05) is 37.3 Å². The Kier molecular flexibility index (Phi) is 6.90. The molecule has 0 aliphatic carbocycles. The van der Waals surface area contributed by atoms with Gasteiger partial charge in [0, 0.05) is 19.0 Å². The van der Waals surface area contributed by atoms with Gasteiger partial charge in [-0.2, -0.15) is 0 Å². The van der Waals surface area contributed by atoms with Gasteiger partial charge in [0.2, 0.25) is 15.9 Å². The summed E-state index contributed by atoms with van der Waals surface area (Å²) in [6, 6.07) is 12.2. The van der Waals surface area contributed by atoms with Crippen LogP contribution >= 0.6 is 0 Å². The second kappa shape index (κ2) is 8.94. The van der Waals surface area contributed by atoms with Crippen molar-refractivity contribution >= 4 is 21.6 Å². The zero-order chi connectivity index (χ0) is 20.0. The summed E-state index contributed by atoms with van der Waals surface area (Å²) in [6.07, 6.45) is 1.32. The molecule has 0 saturated carbocycles. The Morgan fingerprint density at radius 1 is 1.11 bits per heavy atom. The molecule has 8 heteroatoms. The van der Waals surface area contributed by atoms with Crippen LogP contribution in [0.5, 0.6) is 0 Å². The average molecular weight is 396 g/mol. The van der Waals surface area contributed by atoms with Gasteiger partial charge >= 0.3 is 0 Å². The van der Waals surface area contributed by atoms with Crippen molar-refractivity contribution in [2.24, 2.45) is 0 Å². The third-order valence-corrected chi connectivity index (χ3v) is 5.23. The van der Waals surface area contributed by atoms with Gasteiger partial charge in [0.1, 0.15) is 0 Å². The van der Waals surface area contributed by atoms with Gasteiger partial charge < -0.3 is 5.32 Å². The van der Waals surface area contributed by atoms with Crippen LogP contribution in [0, 0.1) is 11.6 Å². The zero-order valence-electron chi connectivity index (χ0n) is 15.2. The first-order valence-electron chi connectivity index (χ1n) is 8.45. The summed E-state index contributed by atoms with van der Waals surface area (Å²) in [5, 5.41) is 2.85. The van der Waals surface area contributed by atoms with Crippen molar-refractivity contribution in [1.82, 2.24) is 5.32 Å². The summed E-state index contributed by atoms with van der Waals surface area (Å²) in [5.41, 5.74) is 0.986. The highest BCUT2D eigenvalue weighted by Gasteiger charge is 2.19. The van der Waals surface area contributed by atoms with Crippen molar-refractivity contribution in [3.63, 3.8) is 0 Å². The summed E-state index contributed by atoms with van der Waals surface area (Å²) in [5.74, 6) is -2.40. The molecular weight excluding hydrogens is 374 g/mol. The van der Waals surface area contributed by atoms with E-state index in [-0.39, 0.29) is 37.0 Å². The number of nitrogens with zero attached hydrogens (tertiary/aromatic N) is 1. The Labute approximate surface area is 158 Å². The molecule has 27 heavy (non-hydrogen) atoms. The summed E-state index contributed by atoms with van der Waals surface area (Å²) >= 11 is 0. The van der Waals surface area contributed by atoms with Crippen molar-refractivity contribution in [3.8, 4) is 0 Å². The fourth-order valence-electron chi connectivity index (χ4n) is 2.65. The van der Waals surface area contributed by atoms with Crippen molar-refractivity contribution in [2.75, 3.05) is 17.1 Å². The van der Waals surface area contributed by atoms with E-state index in [2.05, 4.69) is 5.32 Å². The molecule has 0 unspecified atom stereocenters. The van der Waals surface area contributed by atoms with Gasteiger partial charge in [-0.25, -0.2) is 17.2 Å². The predicted molar refractivity (Wildman–Crippen MR) is 101 cm³/mol. The highest BCUT2D eigenvalue weighted by atomic mass is 32.2. The minimum atomic E-state index is -3.70. The molecule has 0 aliphatic rings. The molecule has 2 rings (SSSR count). The van der Waals surface area contributed by atoms with Crippen LogP contribution in [0.4, 0.5) is 14.5 Å². The highest BCUT2D eigenvalue weighted by Crippen LogP contribution is 2.21. The lowest BCUT2D eigenvalue weighted by Gasteiger charge is -2.22. The van der Waals surface area contributed by atoms with Crippen LogP contribution in [0.2, 0.25) is 0 Å². The van der Waals surface area contributed by atoms with Gasteiger partial charge in [0.05, 0.1) is 18.0 Å². The second-order valence-electron chi connectivity index (χ2n) is 6.24. The number of anilines is 1. The Hall–Kier alpha value is -2.48. The summed E-state index contributed by atoms with van der Waals surface area (Å²) in [6.45, 7) is 1.84. The lowest BCUT2D eigenvalue weighted by atomic mass is 10.1. The third kappa shape index (κ3) is 6.02. The van der Waals surface area contributed by atoms with E-state index < -0.39 is 21.7 Å². The summed E-state index contributed by atoms with van der Waals surface area (Å²) in [4.78, 5) is 12.1. The monoisotopic (exact) mass is 396 g/mol. The number of carbonyl (C=O) groups is 1. The number of nitrogens with one attached hydrogen (secondary N) is 1. The minimum Gasteiger partial charge on any atom is -0.350 e. The molecule has 0 spiro atoms. The fourth-order valence-corrected chi connectivity index (χ4v) is 3.61. The van der Waals surface area contributed by atoms with E-state index in [0.29, 0.717) is 0 Å². The van der Waals surface area contributed by atoms with Gasteiger partial charge in [-0.05, 0) is 31.0 Å². The molecule has 1 amide bonds. The molecule has 0 radical (unpaired) electrons. The van der Waals surface area contributed by atoms with Crippen LogP contribution < -0.4 is 9.62 Å². The smallest absolute Gasteiger partial charge is 0.232 e. The van der Waals surface area contributed by atoms with E-state index in [0.717, 1.165) is 28.3 Å². The van der Waals surface area contributed by atoms with Gasteiger partial charge in [0.25, 0.3) is 0 Å². The van der Waals surface area contributed by atoms with Gasteiger partial charge in [-0.3, -0.25) is 9.10 Å². The Balaban J connectivity index is 1.95. The molecule has 146 valence electrons. The number of amides is 1. The predicted octanol–water partition coefficient (Wildman–Crippen LogP) is 3.39. The largest absolute Gasteiger partial charge is 0.350 e. The normalized spacial score (nSPS) is 12.4.